The summed E-state index contributed by atoms with van der Waals surface area (Å²) in [5, 5.41) is 16.1. The molecule has 21 heavy (non-hydrogen) atoms. The Kier molecular flexibility index (Phi) is 4.17. The van der Waals surface area contributed by atoms with Crippen molar-refractivity contribution in [1.29, 1.82) is 0 Å². The molecule has 0 aromatic carbocycles. The van der Waals surface area contributed by atoms with E-state index in [1.807, 2.05) is 0 Å². The van der Waals surface area contributed by atoms with Gasteiger partial charge in [-0.05, 0) is 12.8 Å². The molecule has 0 amide bonds. The molecule has 0 spiro atoms. The van der Waals surface area contributed by atoms with E-state index in [4.69, 9.17) is 27.2 Å². The third-order valence-corrected chi connectivity index (χ3v) is 4.66. The molecule has 2 fully saturated rings. The van der Waals surface area contributed by atoms with Crippen LogP contribution in [0.4, 0.5) is 5.69 Å². The molecule has 3 rings (SSSR count). The van der Waals surface area contributed by atoms with E-state index in [9.17, 15) is 4.79 Å². The molecule has 2 aliphatic rings. The van der Waals surface area contributed by atoms with Gasteiger partial charge in [0, 0.05) is 18.6 Å². The number of fused-ring (bicyclic) bond motifs is 1. The summed E-state index contributed by atoms with van der Waals surface area (Å²) in [4.78, 5) is 12.0. The zero-order valence-electron chi connectivity index (χ0n) is 11.5. The van der Waals surface area contributed by atoms with Crippen molar-refractivity contribution in [3.05, 3.63) is 21.6 Å². The predicted molar refractivity (Wildman–Crippen MR) is 78.4 cm³/mol. The topological polar surface area (TPSA) is 102 Å². The maximum Gasteiger partial charge on any atom is 0.287 e. The van der Waals surface area contributed by atoms with Crippen LogP contribution in [0, 0.1) is 5.92 Å². The Morgan fingerprint density at radius 1 is 1.62 bits per heavy atom. The third kappa shape index (κ3) is 2.55. The Balaban J connectivity index is 1.76. The van der Waals surface area contributed by atoms with Crippen molar-refractivity contribution >= 4 is 17.3 Å². The second-order valence-corrected chi connectivity index (χ2v) is 5.89. The zero-order valence-corrected chi connectivity index (χ0v) is 12.3. The number of aliphatic hydroxyl groups is 1. The van der Waals surface area contributed by atoms with Crippen LogP contribution in [0.2, 0.25) is 5.02 Å². The van der Waals surface area contributed by atoms with E-state index in [1.165, 1.54) is 6.20 Å². The number of ether oxygens (including phenoxy) is 1. The molecule has 4 unspecified atom stereocenters. The Bertz CT molecular complexity index is 579. The first kappa shape index (κ1) is 14.8. The lowest BCUT2D eigenvalue weighted by Crippen LogP contribution is -2.69. The van der Waals surface area contributed by atoms with Gasteiger partial charge in [0.1, 0.15) is 5.02 Å². The number of anilines is 1. The highest BCUT2D eigenvalue weighted by Gasteiger charge is 2.50. The van der Waals surface area contributed by atoms with E-state index in [0.717, 1.165) is 24.1 Å². The van der Waals surface area contributed by atoms with Gasteiger partial charge in [0.15, 0.2) is 0 Å². The molecule has 0 radical (unpaired) electrons. The number of hydrogen-bond acceptors (Lipinski definition) is 6. The minimum absolute atomic E-state index is 0.00811. The Morgan fingerprint density at radius 2 is 2.43 bits per heavy atom. The van der Waals surface area contributed by atoms with Crippen LogP contribution in [0.15, 0.2) is 11.0 Å². The van der Waals surface area contributed by atoms with Crippen molar-refractivity contribution in [3.8, 4) is 0 Å². The lowest BCUT2D eigenvalue weighted by molar-refractivity contribution is -0.104. The van der Waals surface area contributed by atoms with Crippen molar-refractivity contribution in [2.45, 2.75) is 37.6 Å². The van der Waals surface area contributed by atoms with E-state index in [2.05, 4.69) is 10.4 Å². The largest absolute Gasteiger partial charge is 0.394 e. The number of aliphatic hydroxyl groups excluding tert-OH is 1. The standard InChI is InChI=1S/C13H19ClN4O3/c14-9-8(6-16-18(3-4-19)13(9)20)17-11-10(15)7-2-1-5-21-12(7)11/h6-7,10-12,17,19H,1-5,15H2. The maximum absolute atomic E-state index is 12.0. The summed E-state index contributed by atoms with van der Waals surface area (Å²) < 4.78 is 6.88. The number of nitrogens with zero attached hydrogens (tertiary/aromatic N) is 2. The van der Waals surface area contributed by atoms with Gasteiger partial charge < -0.3 is 20.9 Å². The molecule has 116 valence electrons. The van der Waals surface area contributed by atoms with Crippen LogP contribution in [-0.2, 0) is 11.3 Å². The van der Waals surface area contributed by atoms with Gasteiger partial charge in [0.05, 0.1) is 37.2 Å². The van der Waals surface area contributed by atoms with Crippen LogP contribution < -0.4 is 16.6 Å². The van der Waals surface area contributed by atoms with Gasteiger partial charge in [-0.1, -0.05) is 11.6 Å². The van der Waals surface area contributed by atoms with Gasteiger partial charge in [-0.25, -0.2) is 4.68 Å². The molecule has 4 N–H and O–H groups in total. The molecule has 7 nitrogen and oxygen atoms in total. The molecular formula is C13H19ClN4O3. The fourth-order valence-corrected chi connectivity index (χ4v) is 3.33. The van der Waals surface area contributed by atoms with E-state index in [1.54, 1.807) is 0 Å². The summed E-state index contributed by atoms with van der Waals surface area (Å²) in [7, 11) is 0. The minimum atomic E-state index is -0.426. The van der Waals surface area contributed by atoms with E-state index in [0.29, 0.717) is 11.6 Å². The molecule has 1 aromatic heterocycles. The summed E-state index contributed by atoms with van der Waals surface area (Å²) in [6.07, 6.45) is 3.68. The van der Waals surface area contributed by atoms with Crippen molar-refractivity contribution in [2.75, 3.05) is 18.5 Å². The van der Waals surface area contributed by atoms with E-state index < -0.39 is 5.56 Å². The SMILES string of the molecule is NC1C2CCCOC2C1Nc1cnn(CCO)c(=O)c1Cl. The molecule has 1 aromatic rings. The Morgan fingerprint density at radius 3 is 3.19 bits per heavy atom. The van der Waals surface area contributed by atoms with Crippen molar-refractivity contribution in [1.82, 2.24) is 9.78 Å². The van der Waals surface area contributed by atoms with Gasteiger partial charge >= 0.3 is 0 Å². The average Bonchev–Trinajstić information content (AvgIpc) is 2.51. The van der Waals surface area contributed by atoms with Gasteiger partial charge in [-0.3, -0.25) is 4.79 Å². The summed E-state index contributed by atoms with van der Waals surface area (Å²) in [6, 6.07) is -0.0612. The molecule has 0 bridgehead atoms. The highest BCUT2D eigenvalue weighted by Crippen LogP contribution is 2.39. The van der Waals surface area contributed by atoms with Gasteiger partial charge in [0.25, 0.3) is 5.56 Å². The van der Waals surface area contributed by atoms with E-state index in [-0.39, 0.29) is 36.4 Å². The third-order valence-electron chi connectivity index (χ3n) is 4.30. The normalized spacial score (nSPS) is 31.4. The number of rotatable bonds is 4. The summed E-state index contributed by atoms with van der Waals surface area (Å²) in [5.74, 6) is 0.373. The number of nitrogens with two attached hydrogens (primary N) is 1. The maximum atomic E-state index is 12.0. The fourth-order valence-electron chi connectivity index (χ4n) is 3.13. The van der Waals surface area contributed by atoms with Crippen molar-refractivity contribution in [2.24, 2.45) is 11.7 Å². The second kappa shape index (κ2) is 5.92. The summed E-state index contributed by atoms with van der Waals surface area (Å²) >= 11 is 6.08. The highest BCUT2D eigenvalue weighted by atomic mass is 35.5. The van der Waals surface area contributed by atoms with Crippen LogP contribution in [0.3, 0.4) is 0 Å². The molecule has 1 aliphatic heterocycles. The lowest BCUT2D eigenvalue weighted by atomic mass is 9.68. The first-order chi connectivity index (χ1) is 10.1. The number of aromatic nitrogens is 2. The molecule has 8 heteroatoms. The number of hydrogen-bond donors (Lipinski definition) is 3. The monoisotopic (exact) mass is 314 g/mol. The lowest BCUT2D eigenvalue weighted by Gasteiger charge is -2.52. The summed E-state index contributed by atoms with van der Waals surface area (Å²) in [6.45, 7) is 0.701. The van der Waals surface area contributed by atoms with Crippen LogP contribution >= 0.6 is 11.6 Å². The Hall–Kier alpha value is -1.15. The molecular weight excluding hydrogens is 296 g/mol. The van der Waals surface area contributed by atoms with Crippen LogP contribution in [0.5, 0.6) is 0 Å². The minimum Gasteiger partial charge on any atom is -0.394 e. The van der Waals surface area contributed by atoms with Gasteiger partial charge in [-0.2, -0.15) is 5.10 Å². The Labute approximate surface area is 127 Å². The molecule has 4 atom stereocenters. The van der Waals surface area contributed by atoms with Crippen LogP contribution in [0.25, 0.3) is 0 Å². The first-order valence-electron chi connectivity index (χ1n) is 7.13. The molecule has 2 heterocycles. The summed E-state index contributed by atoms with van der Waals surface area (Å²) in [5.41, 5.74) is 6.20. The second-order valence-electron chi connectivity index (χ2n) is 5.51. The van der Waals surface area contributed by atoms with Gasteiger partial charge in [-0.15, -0.1) is 0 Å². The van der Waals surface area contributed by atoms with E-state index >= 15 is 0 Å². The fraction of sp³-hybridized carbons (Fsp3) is 0.692. The van der Waals surface area contributed by atoms with Crippen LogP contribution in [-0.4, -0.2) is 46.3 Å². The zero-order chi connectivity index (χ0) is 15.0. The first-order valence-corrected chi connectivity index (χ1v) is 7.51. The highest BCUT2D eigenvalue weighted by molar-refractivity contribution is 6.32. The van der Waals surface area contributed by atoms with Crippen molar-refractivity contribution in [3.63, 3.8) is 0 Å². The van der Waals surface area contributed by atoms with Gasteiger partial charge in [0.2, 0.25) is 0 Å². The number of halogens is 1. The average molecular weight is 315 g/mol. The number of nitrogens with one attached hydrogen (secondary N) is 1. The molecule has 1 saturated carbocycles. The molecule has 1 aliphatic carbocycles. The quantitative estimate of drug-likeness (QED) is 0.711. The van der Waals surface area contributed by atoms with Crippen molar-refractivity contribution < 1.29 is 9.84 Å². The predicted octanol–water partition coefficient (Wildman–Crippen LogP) is -0.194. The molecule has 1 saturated heterocycles. The van der Waals surface area contributed by atoms with Crippen LogP contribution in [0.1, 0.15) is 12.8 Å². The smallest absolute Gasteiger partial charge is 0.287 e.